The van der Waals surface area contributed by atoms with Gasteiger partial charge < -0.3 is 4.74 Å². The van der Waals surface area contributed by atoms with E-state index in [0.717, 1.165) is 6.07 Å². The van der Waals surface area contributed by atoms with Crippen molar-refractivity contribution >= 4 is 25.8 Å². The van der Waals surface area contributed by atoms with Gasteiger partial charge in [-0.15, -0.1) is 0 Å². The fraction of sp³-hybridized carbons (Fsp3) is 0.143. The minimum absolute atomic E-state index is 0.297. The first-order valence-electron chi connectivity index (χ1n) is 5.74. The molecule has 0 amide bonds. The summed E-state index contributed by atoms with van der Waals surface area (Å²) >= 11 is 3.29. The molecule has 2 rings (SSSR count). The Morgan fingerprint density at radius 1 is 1.20 bits per heavy atom. The highest BCUT2D eigenvalue weighted by atomic mass is 79.9. The molecule has 0 saturated carbocycles. The van der Waals surface area contributed by atoms with Crippen LogP contribution in [0.2, 0.25) is 0 Å². The van der Waals surface area contributed by atoms with Gasteiger partial charge >= 0.3 is 0 Å². The zero-order valence-corrected chi connectivity index (χ0v) is 13.0. The first-order valence-corrected chi connectivity index (χ1v) is 8.18. The summed E-state index contributed by atoms with van der Waals surface area (Å²) in [4.78, 5) is -0.297. The number of methoxy groups -OCH3 is 1. The molecule has 2 aromatic carbocycles. The lowest BCUT2D eigenvalue weighted by Crippen LogP contribution is -2.07. The zero-order chi connectivity index (χ0) is 14.8. The molecule has 2 aromatic rings. The number of benzene rings is 2. The lowest BCUT2D eigenvalue weighted by Gasteiger charge is -2.09. The quantitative estimate of drug-likeness (QED) is 0.838. The van der Waals surface area contributed by atoms with Gasteiger partial charge in [0.1, 0.15) is 16.5 Å². The van der Waals surface area contributed by atoms with Crippen LogP contribution in [0, 0.1) is 5.82 Å². The summed E-state index contributed by atoms with van der Waals surface area (Å²) in [6.07, 6.45) is 0. The van der Waals surface area contributed by atoms with E-state index in [4.69, 9.17) is 4.74 Å². The van der Waals surface area contributed by atoms with Crippen LogP contribution in [0.15, 0.2) is 51.8 Å². The van der Waals surface area contributed by atoms with Gasteiger partial charge in [0.05, 0.1) is 12.9 Å². The van der Waals surface area contributed by atoms with Gasteiger partial charge in [-0.05, 0) is 35.9 Å². The van der Waals surface area contributed by atoms with E-state index in [1.165, 1.54) is 25.3 Å². The average molecular weight is 359 g/mol. The Labute approximate surface area is 125 Å². The SMILES string of the molecule is COc1ccc(Br)c(CS(=O)(=O)c2ccccc2F)c1. The Balaban J connectivity index is 2.41. The summed E-state index contributed by atoms with van der Waals surface area (Å²) in [7, 11) is -2.25. The molecule has 0 spiro atoms. The number of hydrogen-bond acceptors (Lipinski definition) is 3. The summed E-state index contributed by atoms with van der Waals surface area (Å²) in [6.45, 7) is 0. The molecular weight excluding hydrogens is 347 g/mol. The largest absolute Gasteiger partial charge is 0.497 e. The molecule has 0 saturated heterocycles. The van der Waals surface area contributed by atoms with E-state index in [-0.39, 0.29) is 10.6 Å². The van der Waals surface area contributed by atoms with Crippen LogP contribution >= 0.6 is 15.9 Å². The van der Waals surface area contributed by atoms with Crippen molar-refractivity contribution in [2.24, 2.45) is 0 Å². The molecular formula is C14H12BrFO3S. The normalized spacial score (nSPS) is 11.3. The molecule has 0 unspecified atom stereocenters. The second-order valence-corrected chi connectivity index (χ2v) is 6.96. The van der Waals surface area contributed by atoms with E-state index in [9.17, 15) is 12.8 Å². The van der Waals surface area contributed by atoms with Crippen molar-refractivity contribution in [3.8, 4) is 5.75 Å². The number of rotatable bonds is 4. The number of sulfone groups is 1. The lowest BCUT2D eigenvalue weighted by atomic mass is 10.2. The Morgan fingerprint density at radius 3 is 2.55 bits per heavy atom. The lowest BCUT2D eigenvalue weighted by molar-refractivity contribution is 0.414. The second kappa shape index (κ2) is 5.93. The van der Waals surface area contributed by atoms with Crippen LogP contribution in [0.4, 0.5) is 4.39 Å². The first kappa shape index (κ1) is 15.0. The maximum Gasteiger partial charge on any atom is 0.185 e. The van der Waals surface area contributed by atoms with Gasteiger partial charge in [-0.1, -0.05) is 28.1 Å². The summed E-state index contributed by atoms with van der Waals surface area (Å²) in [6, 6.07) is 10.4. The fourth-order valence-corrected chi connectivity index (χ4v) is 3.80. The summed E-state index contributed by atoms with van der Waals surface area (Å²) in [5.41, 5.74) is 0.521. The average Bonchev–Trinajstić information content (AvgIpc) is 2.41. The maximum atomic E-state index is 13.6. The van der Waals surface area contributed by atoms with Crippen molar-refractivity contribution in [1.29, 1.82) is 0 Å². The molecule has 6 heteroatoms. The molecule has 0 N–H and O–H groups in total. The third-order valence-electron chi connectivity index (χ3n) is 2.77. The van der Waals surface area contributed by atoms with Crippen LogP contribution in [-0.2, 0) is 15.6 Å². The topological polar surface area (TPSA) is 43.4 Å². The summed E-state index contributed by atoms with van der Waals surface area (Å²) < 4.78 is 43.9. The van der Waals surface area contributed by atoms with Crippen molar-refractivity contribution in [2.45, 2.75) is 10.6 Å². The van der Waals surface area contributed by atoms with Crippen molar-refractivity contribution in [2.75, 3.05) is 7.11 Å². The molecule has 0 fully saturated rings. The molecule has 20 heavy (non-hydrogen) atoms. The van der Waals surface area contributed by atoms with Crippen LogP contribution < -0.4 is 4.74 Å². The van der Waals surface area contributed by atoms with Crippen molar-refractivity contribution < 1.29 is 17.5 Å². The smallest absolute Gasteiger partial charge is 0.185 e. The van der Waals surface area contributed by atoms with Crippen molar-refractivity contribution in [3.63, 3.8) is 0 Å². The highest BCUT2D eigenvalue weighted by Crippen LogP contribution is 2.27. The van der Waals surface area contributed by atoms with Gasteiger partial charge in [0.25, 0.3) is 0 Å². The molecule has 0 aliphatic carbocycles. The molecule has 0 aliphatic rings. The second-order valence-electron chi connectivity index (χ2n) is 4.15. The van der Waals surface area contributed by atoms with Gasteiger partial charge in [0.2, 0.25) is 0 Å². The molecule has 0 aliphatic heterocycles. The van der Waals surface area contributed by atoms with Crippen LogP contribution in [-0.4, -0.2) is 15.5 Å². The van der Waals surface area contributed by atoms with Crippen LogP contribution in [0.5, 0.6) is 5.75 Å². The maximum absolute atomic E-state index is 13.6. The molecule has 0 aromatic heterocycles. The third-order valence-corrected chi connectivity index (χ3v) is 5.24. The highest BCUT2D eigenvalue weighted by Gasteiger charge is 2.20. The predicted molar refractivity (Wildman–Crippen MR) is 78.0 cm³/mol. The highest BCUT2D eigenvalue weighted by molar-refractivity contribution is 9.10. The van der Waals surface area contributed by atoms with Crippen LogP contribution in [0.25, 0.3) is 0 Å². The van der Waals surface area contributed by atoms with Gasteiger partial charge in [-0.25, -0.2) is 12.8 Å². The summed E-state index contributed by atoms with van der Waals surface area (Å²) in [5.74, 6) is -0.496. The third kappa shape index (κ3) is 3.19. The number of hydrogen-bond donors (Lipinski definition) is 0. The minimum Gasteiger partial charge on any atom is -0.497 e. The predicted octanol–water partition coefficient (Wildman–Crippen LogP) is 3.57. The van der Waals surface area contributed by atoms with Crippen molar-refractivity contribution in [1.82, 2.24) is 0 Å². The Hall–Kier alpha value is -1.40. The van der Waals surface area contributed by atoms with E-state index >= 15 is 0 Å². The van der Waals surface area contributed by atoms with Crippen LogP contribution in [0.3, 0.4) is 0 Å². The van der Waals surface area contributed by atoms with Gasteiger partial charge in [-0.2, -0.15) is 0 Å². The van der Waals surface area contributed by atoms with E-state index in [2.05, 4.69) is 15.9 Å². The van der Waals surface area contributed by atoms with Gasteiger partial charge in [0, 0.05) is 4.47 Å². The van der Waals surface area contributed by atoms with E-state index in [0.29, 0.717) is 15.8 Å². The van der Waals surface area contributed by atoms with E-state index < -0.39 is 15.7 Å². The zero-order valence-electron chi connectivity index (χ0n) is 10.6. The fourth-order valence-electron chi connectivity index (χ4n) is 1.77. The van der Waals surface area contributed by atoms with Crippen molar-refractivity contribution in [3.05, 3.63) is 58.3 Å². The summed E-state index contributed by atoms with van der Waals surface area (Å²) in [5, 5.41) is 0. The molecule has 0 bridgehead atoms. The van der Waals surface area contributed by atoms with Crippen LogP contribution in [0.1, 0.15) is 5.56 Å². The number of halogens is 2. The molecule has 0 atom stereocenters. The van der Waals surface area contributed by atoms with Gasteiger partial charge in [0.15, 0.2) is 9.84 Å². The van der Waals surface area contributed by atoms with E-state index in [1.807, 2.05) is 0 Å². The minimum atomic E-state index is -3.75. The number of ether oxygens (including phenoxy) is 1. The monoisotopic (exact) mass is 358 g/mol. The van der Waals surface area contributed by atoms with E-state index in [1.54, 1.807) is 18.2 Å². The molecule has 0 heterocycles. The molecule has 0 radical (unpaired) electrons. The first-order chi connectivity index (χ1) is 9.44. The Bertz CT molecular complexity index is 729. The molecule has 3 nitrogen and oxygen atoms in total. The Morgan fingerprint density at radius 2 is 1.90 bits per heavy atom. The molecule has 106 valence electrons. The Kier molecular flexibility index (Phi) is 4.45. The standard InChI is InChI=1S/C14H12BrFO3S/c1-19-11-6-7-12(15)10(8-11)9-20(17,18)14-5-3-2-4-13(14)16/h2-8H,9H2,1H3. The van der Waals surface area contributed by atoms with Gasteiger partial charge in [-0.3, -0.25) is 0 Å².